The average Bonchev–Trinajstić information content (AvgIpc) is 2.37. The standard InChI is InChI=1S/C16H24N2O3/c1-16(2,3)12-7-5-11(6-8-12)9-13(15(17)20)18-14(19)10-21-4/h5-8,13H,9-10H2,1-4H3,(H2,17,20)(H,18,19)/t13-/m1/s1. The fraction of sp³-hybridized carbons (Fsp3) is 0.500. The number of rotatable bonds is 6. The van der Waals surface area contributed by atoms with Gasteiger partial charge >= 0.3 is 0 Å². The van der Waals surface area contributed by atoms with Gasteiger partial charge in [0.2, 0.25) is 11.8 Å². The van der Waals surface area contributed by atoms with Gasteiger partial charge in [0.1, 0.15) is 12.6 Å². The molecule has 0 heterocycles. The molecule has 116 valence electrons. The number of carbonyl (C=O) groups excluding carboxylic acids is 2. The summed E-state index contributed by atoms with van der Waals surface area (Å²) >= 11 is 0. The molecule has 3 N–H and O–H groups in total. The van der Waals surface area contributed by atoms with Gasteiger partial charge in [-0.25, -0.2) is 0 Å². The first-order chi connectivity index (χ1) is 9.74. The normalized spacial score (nSPS) is 12.8. The van der Waals surface area contributed by atoms with Gasteiger partial charge in [-0.1, -0.05) is 45.0 Å². The number of hydrogen-bond acceptors (Lipinski definition) is 3. The van der Waals surface area contributed by atoms with Crippen LogP contribution in [0.4, 0.5) is 0 Å². The largest absolute Gasteiger partial charge is 0.375 e. The molecule has 5 heteroatoms. The molecule has 0 saturated carbocycles. The summed E-state index contributed by atoms with van der Waals surface area (Å²) in [7, 11) is 1.42. The van der Waals surface area contributed by atoms with Crippen LogP contribution in [-0.2, 0) is 26.2 Å². The van der Waals surface area contributed by atoms with E-state index < -0.39 is 11.9 Å². The van der Waals surface area contributed by atoms with Crippen LogP contribution >= 0.6 is 0 Å². The average molecular weight is 292 g/mol. The molecule has 1 aromatic rings. The lowest BCUT2D eigenvalue weighted by molar-refractivity contribution is -0.129. The molecular formula is C16H24N2O3. The summed E-state index contributed by atoms with van der Waals surface area (Å²) in [6.45, 7) is 6.32. The van der Waals surface area contributed by atoms with Crippen molar-refractivity contribution in [3.63, 3.8) is 0 Å². The first-order valence-electron chi connectivity index (χ1n) is 6.91. The van der Waals surface area contributed by atoms with E-state index in [-0.39, 0.29) is 17.9 Å². The number of carbonyl (C=O) groups is 2. The minimum absolute atomic E-state index is 0.0777. The summed E-state index contributed by atoms with van der Waals surface area (Å²) in [6.07, 6.45) is 0.370. The lowest BCUT2D eigenvalue weighted by Crippen LogP contribution is -2.47. The quantitative estimate of drug-likeness (QED) is 0.825. The maximum atomic E-state index is 11.5. The Morgan fingerprint density at radius 1 is 1.24 bits per heavy atom. The van der Waals surface area contributed by atoms with Gasteiger partial charge < -0.3 is 15.8 Å². The van der Waals surface area contributed by atoms with Crippen molar-refractivity contribution in [2.45, 2.75) is 38.6 Å². The Hall–Kier alpha value is -1.88. The minimum atomic E-state index is -0.729. The van der Waals surface area contributed by atoms with Gasteiger partial charge in [-0.05, 0) is 16.5 Å². The Balaban J connectivity index is 2.76. The van der Waals surface area contributed by atoms with Crippen molar-refractivity contribution in [3.8, 4) is 0 Å². The highest BCUT2D eigenvalue weighted by atomic mass is 16.5. The first-order valence-corrected chi connectivity index (χ1v) is 6.91. The molecule has 0 bridgehead atoms. The molecule has 1 rings (SSSR count). The van der Waals surface area contributed by atoms with Crippen molar-refractivity contribution in [1.29, 1.82) is 0 Å². The van der Waals surface area contributed by atoms with Crippen molar-refractivity contribution in [1.82, 2.24) is 5.32 Å². The van der Waals surface area contributed by atoms with Gasteiger partial charge in [-0.15, -0.1) is 0 Å². The molecule has 2 amide bonds. The predicted octanol–water partition coefficient (Wildman–Crippen LogP) is 1.14. The van der Waals surface area contributed by atoms with E-state index in [9.17, 15) is 9.59 Å². The second kappa shape index (κ2) is 7.22. The molecule has 0 aliphatic heterocycles. The van der Waals surface area contributed by atoms with Crippen LogP contribution in [0.5, 0.6) is 0 Å². The molecule has 5 nitrogen and oxygen atoms in total. The van der Waals surface area contributed by atoms with Gasteiger partial charge in [-0.3, -0.25) is 9.59 Å². The summed E-state index contributed by atoms with van der Waals surface area (Å²) in [4.78, 5) is 22.9. The highest BCUT2D eigenvalue weighted by Gasteiger charge is 2.19. The Morgan fingerprint density at radius 2 is 1.81 bits per heavy atom. The van der Waals surface area contributed by atoms with Gasteiger partial charge in [0.15, 0.2) is 0 Å². The summed E-state index contributed by atoms with van der Waals surface area (Å²) in [5, 5.41) is 2.57. The zero-order valence-electron chi connectivity index (χ0n) is 13.1. The van der Waals surface area contributed by atoms with Crippen molar-refractivity contribution >= 4 is 11.8 Å². The fourth-order valence-corrected chi connectivity index (χ4v) is 1.97. The maximum absolute atomic E-state index is 11.5. The molecule has 1 atom stereocenters. The summed E-state index contributed by atoms with van der Waals surface area (Å²) in [6, 6.07) is 7.25. The number of benzene rings is 1. The molecule has 21 heavy (non-hydrogen) atoms. The van der Waals surface area contributed by atoms with Crippen LogP contribution < -0.4 is 11.1 Å². The van der Waals surface area contributed by atoms with Crippen molar-refractivity contribution < 1.29 is 14.3 Å². The van der Waals surface area contributed by atoms with E-state index in [4.69, 9.17) is 10.5 Å². The first kappa shape index (κ1) is 17.2. The zero-order chi connectivity index (χ0) is 16.0. The van der Waals surface area contributed by atoms with Crippen molar-refractivity contribution in [3.05, 3.63) is 35.4 Å². The number of primary amides is 1. The number of amides is 2. The summed E-state index contributed by atoms with van der Waals surface area (Å²) < 4.78 is 4.72. The van der Waals surface area contributed by atoms with Crippen LogP contribution in [0, 0.1) is 0 Å². The van der Waals surface area contributed by atoms with E-state index in [0.29, 0.717) is 6.42 Å². The third-order valence-electron chi connectivity index (χ3n) is 3.21. The topological polar surface area (TPSA) is 81.4 Å². The number of methoxy groups -OCH3 is 1. The Morgan fingerprint density at radius 3 is 2.24 bits per heavy atom. The number of nitrogens with two attached hydrogens (primary N) is 1. The van der Waals surface area contributed by atoms with Crippen LogP contribution in [0.3, 0.4) is 0 Å². The third-order valence-corrected chi connectivity index (χ3v) is 3.21. The van der Waals surface area contributed by atoms with Crippen LogP contribution in [0.2, 0.25) is 0 Å². The van der Waals surface area contributed by atoms with E-state index in [2.05, 4.69) is 26.1 Å². The van der Waals surface area contributed by atoms with Crippen LogP contribution in [0.25, 0.3) is 0 Å². The van der Waals surface area contributed by atoms with Gasteiger partial charge in [0.05, 0.1) is 0 Å². The van der Waals surface area contributed by atoms with Crippen molar-refractivity contribution in [2.75, 3.05) is 13.7 Å². The monoisotopic (exact) mass is 292 g/mol. The molecular weight excluding hydrogens is 268 g/mol. The smallest absolute Gasteiger partial charge is 0.246 e. The molecule has 0 saturated heterocycles. The molecule has 0 unspecified atom stereocenters. The fourth-order valence-electron chi connectivity index (χ4n) is 1.97. The number of ether oxygens (including phenoxy) is 1. The van der Waals surface area contributed by atoms with Crippen LogP contribution in [0.15, 0.2) is 24.3 Å². The van der Waals surface area contributed by atoms with Crippen LogP contribution in [0.1, 0.15) is 31.9 Å². The maximum Gasteiger partial charge on any atom is 0.246 e. The lowest BCUT2D eigenvalue weighted by atomic mass is 9.86. The highest BCUT2D eigenvalue weighted by molar-refractivity contribution is 5.87. The Kier molecular flexibility index (Phi) is 5.90. The van der Waals surface area contributed by atoms with Crippen LogP contribution in [-0.4, -0.2) is 31.6 Å². The van der Waals surface area contributed by atoms with Gasteiger partial charge in [0.25, 0.3) is 0 Å². The number of nitrogens with one attached hydrogen (secondary N) is 1. The molecule has 0 fully saturated rings. The summed E-state index contributed by atoms with van der Waals surface area (Å²) in [5.41, 5.74) is 7.57. The molecule has 0 radical (unpaired) electrons. The highest BCUT2D eigenvalue weighted by Crippen LogP contribution is 2.22. The second-order valence-electron chi connectivity index (χ2n) is 6.11. The van der Waals surface area contributed by atoms with E-state index in [1.54, 1.807) is 0 Å². The van der Waals surface area contributed by atoms with Gasteiger partial charge in [0, 0.05) is 13.5 Å². The summed E-state index contributed by atoms with van der Waals surface area (Å²) in [5.74, 6) is -0.910. The molecule has 0 aromatic heterocycles. The molecule has 0 spiro atoms. The predicted molar refractivity (Wildman–Crippen MR) is 81.8 cm³/mol. The second-order valence-corrected chi connectivity index (χ2v) is 6.11. The molecule has 0 aliphatic carbocycles. The minimum Gasteiger partial charge on any atom is -0.375 e. The zero-order valence-corrected chi connectivity index (χ0v) is 13.1. The lowest BCUT2D eigenvalue weighted by Gasteiger charge is -2.20. The molecule has 0 aliphatic rings. The number of hydrogen-bond donors (Lipinski definition) is 2. The van der Waals surface area contributed by atoms with E-state index >= 15 is 0 Å². The third kappa shape index (κ3) is 5.55. The Labute approximate surface area is 125 Å². The molecule has 1 aromatic carbocycles. The SMILES string of the molecule is COCC(=O)N[C@H](Cc1ccc(C(C)(C)C)cc1)C(N)=O. The Bertz CT molecular complexity index is 489. The van der Waals surface area contributed by atoms with Crippen molar-refractivity contribution in [2.24, 2.45) is 5.73 Å². The van der Waals surface area contributed by atoms with Gasteiger partial charge in [-0.2, -0.15) is 0 Å². The van der Waals surface area contributed by atoms with E-state index in [0.717, 1.165) is 5.56 Å². The van der Waals surface area contributed by atoms with E-state index in [1.165, 1.54) is 12.7 Å². The van der Waals surface area contributed by atoms with E-state index in [1.807, 2.05) is 24.3 Å².